The Labute approximate surface area is 117 Å². The van der Waals surface area contributed by atoms with Crippen molar-refractivity contribution in [1.29, 1.82) is 0 Å². The van der Waals surface area contributed by atoms with Crippen LogP contribution in [0, 0.1) is 0 Å². The summed E-state index contributed by atoms with van der Waals surface area (Å²) in [5.41, 5.74) is 5.99. The van der Waals surface area contributed by atoms with Gasteiger partial charge in [0.1, 0.15) is 0 Å². The van der Waals surface area contributed by atoms with Crippen LogP contribution in [0.3, 0.4) is 0 Å². The van der Waals surface area contributed by atoms with E-state index >= 15 is 0 Å². The van der Waals surface area contributed by atoms with Gasteiger partial charge in [-0.05, 0) is 22.3 Å². The zero-order valence-electron chi connectivity index (χ0n) is 12.5. The second-order valence-electron chi connectivity index (χ2n) is 7.18. The van der Waals surface area contributed by atoms with Crippen LogP contribution in [0.2, 0.25) is 19.6 Å². The molecule has 98 valence electrons. The molecule has 0 bridgehead atoms. The number of fused-ring (bicyclic) bond motifs is 3. The van der Waals surface area contributed by atoms with Crippen LogP contribution in [0.4, 0.5) is 0 Å². The summed E-state index contributed by atoms with van der Waals surface area (Å²) >= 11 is 0. The molecule has 0 unspecified atom stereocenters. The van der Waals surface area contributed by atoms with E-state index in [1.807, 2.05) is 0 Å². The maximum Gasteiger partial charge on any atom is 0.0776 e. The molecule has 2 aromatic rings. The summed E-state index contributed by atoms with van der Waals surface area (Å²) < 4.78 is 0. The third kappa shape index (κ3) is 1.79. The zero-order chi connectivity index (χ0) is 13.8. The molecule has 0 saturated heterocycles. The lowest BCUT2D eigenvalue weighted by Crippen LogP contribution is -2.37. The van der Waals surface area contributed by atoms with Crippen molar-refractivity contribution in [3.8, 4) is 11.1 Å². The molecule has 1 aliphatic rings. The Kier molecular flexibility index (Phi) is 2.55. The van der Waals surface area contributed by atoms with Crippen LogP contribution in [0.15, 0.2) is 42.5 Å². The maximum absolute atomic E-state index is 2.45. The van der Waals surface area contributed by atoms with Gasteiger partial charge in [-0.3, -0.25) is 0 Å². The topological polar surface area (TPSA) is 0 Å². The summed E-state index contributed by atoms with van der Waals surface area (Å²) in [5.74, 6) is 0. The van der Waals surface area contributed by atoms with Gasteiger partial charge in [0.2, 0.25) is 0 Å². The second-order valence-corrected chi connectivity index (χ2v) is 12.3. The first-order chi connectivity index (χ1) is 8.82. The van der Waals surface area contributed by atoms with E-state index in [-0.39, 0.29) is 5.41 Å². The van der Waals surface area contributed by atoms with E-state index in [1.165, 1.54) is 22.3 Å². The van der Waals surface area contributed by atoms with Gasteiger partial charge in [0.05, 0.1) is 8.07 Å². The lowest BCUT2D eigenvalue weighted by atomic mass is 9.82. The monoisotopic (exact) mass is 266 g/mol. The Morgan fingerprint density at radius 2 is 1.42 bits per heavy atom. The van der Waals surface area contributed by atoms with Crippen molar-refractivity contribution in [3.05, 3.63) is 53.6 Å². The van der Waals surface area contributed by atoms with Crippen LogP contribution < -0.4 is 5.19 Å². The normalized spacial score (nSPS) is 16.1. The van der Waals surface area contributed by atoms with Crippen molar-refractivity contribution in [1.82, 2.24) is 0 Å². The molecular weight excluding hydrogens is 244 g/mol. The van der Waals surface area contributed by atoms with Gasteiger partial charge in [0, 0.05) is 5.41 Å². The average Bonchev–Trinajstić information content (AvgIpc) is 2.58. The molecule has 0 saturated carbocycles. The SMILES string of the molecule is CC1(C)c2ccccc2-c2cc([Si](C)(C)C)ccc21. The molecule has 0 fully saturated rings. The van der Waals surface area contributed by atoms with E-state index in [0.29, 0.717) is 0 Å². The highest BCUT2D eigenvalue weighted by atomic mass is 28.3. The molecule has 0 heterocycles. The summed E-state index contributed by atoms with van der Waals surface area (Å²) in [6.07, 6.45) is 0. The van der Waals surface area contributed by atoms with E-state index in [0.717, 1.165) is 0 Å². The van der Waals surface area contributed by atoms with Crippen molar-refractivity contribution < 1.29 is 0 Å². The first-order valence-corrected chi connectivity index (χ1v) is 10.6. The fraction of sp³-hybridized carbons (Fsp3) is 0.333. The van der Waals surface area contributed by atoms with Gasteiger partial charge in [0.25, 0.3) is 0 Å². The molecule has 1 heteroatoms. The highest BCUT2D eigenvalue weighted by Crippen LogP contribution is 2.47. The fourth-order valence-corrected chi connectivity index (χ4v) is 4.35. The molecule has 0 N–H and O–H groups in total. The second kappa shape index (κ2) is 3.83. The van der Waals surface area contributed by atoms with Gasteiger partial charge in [-0.15, -0.1) is 0 Å². The first kappa shape index (κ1) is 12.7. The Balaban J connectivity index is 2.29. The molecule has 0 aliphatic heterocycles. The van der Waals surface area contributed by atoms with Crippen LogP contribution >= 0.6 is 0 Å². The summed E-state index contributed by atoms with van der Waals surface area (Å²) in [5, 5.41) is 1.55. The maximum atomic E-state index is 2.45. The fourth-order valence-electron chi connectivity index (χ4n) is 3.19. The predicted octanol–water partition coefficient (Wildman–Crippen LogP) is 4.54. The van der Waals surface area contributed by atoms with Crippen LogP contribution in [-0.2, 0) is 5.41 Å². The number of rotatable bonds is 1. The Bertz CT molecular complexity index is 645. The van der Waals surface area contributed by atoms with Crippen molar-refractivity contribution >= 4 is 13.3 Å². The van der Waals surface area contributed by atoms with Crippen LogP contribution in [0.1, 0.15) is 25.0 Å². The zero-order valence-corrected chi connectivity index (χ0v) is 13.5. The molecule has 2 aromatic carbocycles. The number of benzene rings is 2. The lowest BCUT2D eigenvalue weighted by Gasteiger charge is -2.23. The summed E-state index contributed by atoms with van der Waals surface area (Å²) in [7, 11) is -1.24. The molecular formula is C18H22Si. The van der Waals surface area contributed by atoms with Crippen LogP contribution in [0.5, 0.6) is 0 Å². The smallest absolute Gasteiger partial charge is 0.0656 e. The Morgan fingerprint density at radius 3 is 2.11 bits per heavy atom. The standard InChI is InChI=1S/C18H22Si/c1-18(2)16-9-7-6-8-14(16)15-12-13(19(3,4)5)10-11-17(15)18/h6-12H,1-5H3. The van der Waals surface area contributed by atoms with E-state index in [2.05, 4.69) is 76.0 Å². The van der Waals surface area contributed by atoms with Gasteiger partial charge in [-0.25, -0.2) is 0 Å². The number of hydrogen-bond donors (Lipinski definition) is 0. The average molecular weight is 266 g/mol. The highest BCUT2D eigenvalue weighted by Gasteiger charge is 2.35. The van der Waals surface area contributed by atoms with Gasteiger partial charge < -0.3 is 0 Å². The van der Waals surface area contributed by atoms with Crippen molar-refractivity contribution in [2.45, 2.75) is 38.9 Å². The molecule has 3 rings (SSSR count). The van der Waals surface area contributed by atoms with Crippen LogP contribution in [0.25, 0.3) is 11.1 Å². The van der Waals surface area contributed by atoms with Gasteiger partial charge in [0.15, 0.2) is 0 Å². The predicted molar refractivity (Wildman–Crippen MR) is 87.0 cm³/mol. The van der Waals surface area contributed by atoms with E-state index < -0.39 is 8.07 Å². The third-order valence-electron chi connectivity index (χ3n) is 4.45. The minimum atomic E-state index is -1.24. The third-order valence-corrected chi connectivity index (χ3v) is 6.49. The first-order valence-electron chi connectivity index (χ1n) is 7.07. The molecule has 19 heavy (non-hydrogen) atoms. The van der Waals surface area contributed by atoms with Crippen molar-refractivity contribution in [2.24, 2.45) is 0 Å². The minimum Gasteiger partial charge on any atom is -0.0656 e. The van der Waals surface area contributed by atoms with E-state index in [9.17, 15) is 0 Å². The number of hydrogen-bond acceptors (Lipinski definition) is 0. The minimum absolute atomic E-state index is 0.143. The highest BCUT2D eigenvalue weighted by molar-refractivity contribution is 6.88. The van der Waals surface area contributed by atoms with Crippen LogP contribution in [-0.4, -0.2) is 8.07 Å². The van der Waals surface area contributed by atoms with E-state index in [1.54, 1.807) is 5.19 Å². The summed E-state index contributed by atoms with van der Waals surface area (Å²) in [4.78, 5) is 0. The van der Waals surface area contributed by atoms with E-state index in [4.69, 9.17) is 0 Å². The van der Waals surface area contributed by atoms with Crippen molar-refractivity contribution in [3.63, 3.8) is 0 Å². The quantitative estimate of drug-likeness (QED) is 0.665. The van der Waals surface area contributed by atoms with Gasteiger partial charge in [-0.2, -0.15) is 0 Å². The van der Waals surface area contributed by atoms with Gasteiger partial charge in [-0.1, -0.05) is 81.1 Å². The van der Waals surface area contributed by atoms with Crippen molar-refractivity contribution in [2.75, 3.05) is 0 Å². The molecule has 0 aromatic heterocycles. The molecule has 0 amide bonds. The molecule has 0 nitrogen and oxygen atoms in total. The lowest BCUT2D eigenvalue weighted by molar-refractivity contribution is 0.660. The summed E-state index contributed by atoms with van der Waals surface area (Å²) in [6.45, 7) is 11.9. The molecule has 0 spiro atoms. The molecule has 1 aliphatic carbocycles. The largest absolute Gasteiger partial charge is 0.0776 e. The summed E-state index contributed by atoms with van der Waals surface area (Å²) in [6, 6.07) is 16.0. The Hall–Kier alpha value is -1.34. The Morgan fingerprint density at radius 1 is 0.789 bits per heavy atom. The molecule has 0 atom stereocenters. The van der Waals surface area contributed by atoms with Gasteiger partial charge >= 0.3 is 0 Å². The molecule has 0 radical (unpaired) electrons.